The van der Waals surface area contributed by atoms with Crippen molar-refractivity contribution >= 4 is 0 Å². The number of benzene rings is 1. The van der Waals surface area contributed by atoms with Gasteiger partial charge in [-0.25, -0.2) is 0 Å². The number of rotatable bonds is 7. The van der Waals surface area contributed by atoms with Gasteiger partial charge in [0.15, 0.2) is 0 Å². The molecule has 0 aliphatic rings. The van der Waals surface area contributed by atoms with Gasteiger partial charge >= 0.3 is 0 Å². The van der Waals surface area contributed by atoms with E-state index in [1.165, 1.54) is 16.7 Å². The molecule has 98 valence electrons. The molecule has 0 radical (unpaired) electrons. The van der Waals surface area contributed by atoms with Crippen LogP contribution >= 0.6 is 0 Å². The molecular weight excluding hydrogens is 218 g/mol. The average Bonchev–Trinajstić information content (AvgIpc) is 2.37. The van der Waals surface area contributed by atoms with Gasteiger partial charge in [0.05, 0.1) is 0 Å². The van der Waals surface area contributed by atoms with Gasteiger partial charge in [0, 0.05) is 12.5 Å². The van der Waals surface area contributed by atoms with Gasteiger partial charge in [-0.2, -0.15) is 0 Å². The fourth-order valence-corrected chi connectivity index (χ4v) is 2.09. The van der Waals surface area contributed by atoms with Crippen LogP contribution in [-0.4, -0.2) is 6.54 Å². The molecule has 1 aromatic rings. The zero-order valence-corrected chi connectivity index (χ0v) is 11.9. The van der Waals surface area contributed by atoms with Gasteiger partial charge in [-0.15, -0.1) is 12.3 Å². The van der Waals surface area contributed by atoms with Crippen LogP contribution < -0.4 is 5.32 Å². The number of hydrogen-bond acceptors (Lipinski definition) is 1. The highest BCUT2D eigenvalue weighted by Crippen LogP contribution is 2.22. The maximum atomic E-state index is 5.33. The molecule has 1 aromatic carbocycles. The van der Waals surface area contributed by atoms with Gasteiger partial charge in [0.1, 0.15) is 0 Å². The molecule has 1 unspecified atom stereocenters. The van der Waals surface area contributed by atoms with Gasteiger partial charge < -0.3 is 5.32 Å². The maximum absolute atomic E-state index is 5.33. The lowest BCUT2D eigenvalue weighted by Crippen LogP contribution is -2.22. The van der Waals surface area contributed by atoms with Crippen LogP contribution in [0.25, 0.3) is 0 Å². The van der Waals surface area contributed by atoms with Crippen molar-refractivity contribution in [3.8, 4) is 12.3 Å². The van der Waals surface area contributed by atoms with E-state index >= 15 is 0 Å². The lowest BCUT2D eigenvalue weighted by Gasteiger charge is -2.19. The van der Waals surface area contributed by atoms with E-state index in [2.05, 4.69) is 50.2 Å². The molecule has 1 heteroatoms. The monoisotopic (exact) mass is 243 g/mol. The quantitative estimate of drug-likeness (QED) is 0.560. The topological polar surface area (TPSA) is 12.0 Å². The molecule has 18 heavy (non-hydrogen) atoms. The molecule has 1 rings (SSSR count). The number of unbranched alkanes of at least 4 members (excludes halogenated alkanes) is 1. The Kier molecular flexibility index (Phi) is 6.54. The Labute approximate surface area is 112 Å². The second kappa shape index (κ2) is 7.95. The molecule has 0 saturated carbocycles. The van der Waals surface area contributed by atoms with Crippen LogP contribution in [-0.2, 0) is 0 Å². The third-order valence-electron chi connectivity index (χ3n) is 3.39. The van der Waals surface area contributed by atoms with Crippen LogP contribution in [0.15, 0.2) is 18.2 Å². The Morgan fingerprint density at radius 2 is 2.06 bits per heavy atom. The fraction of sp³-hybridized carbons (Fsp3) is 0.529. The van der Waals surface area contributed by atoms with E-state index in [0.717, 1.165) is 32.2 Å². The molecule has 0 spiro atoms. The third kappa shape index (κ3) is 4.55. The lowest BCUT2D eigenvalue weighted by atomic mass is 9.97. The van der Waals surface area contributed by atoms with Gasteiger partial charge in [0.2, 0.25) is 0 Å². The van der Waals surface area contributed by atoms with Crippen molar-refractivity contribution in [3.63, 3.8) is 0 Å². The van der Waals surface area contributed by atoms with E-state index in [4.69, 9.17) is 6.42 Å². The zero-order chi connectivity index (χ0) is 13.4. The van der Waals surface area contributed by atoms with Crippen LogP contribution in [0.5, 0.6) is 0 Å². The smallest absolute Gasteiger partial charge is 0.0320 e. The van der Waals surface area contributed by atoms with Crippen molar-refractivity contribution in [2.24, 2.45) is 0 Å². The molecule has 0 bridgehead atoms. The van der Waals surface area contributed by atoms with Crippen molar-refractivity contribution in [2.45, 2.75) is 52.5 Å². The summed E-state index contributed by atoms with van der Waals surface area (Å²) in [4.78, 5) is 0. The summed E-state index contributed by atoms with van der Waals surface area (Å²) in [5.74, 6) is 2.72. The van der Waals surface area contributed by atoms with Crippen LogP contribution in [0, 0.1) is 26.2 Å². The van der Waals surface area contributed by atoms with Crippen molar-refractivity contribution in [2.75, 3.05) is 6.54 Å². The molecule has 1 atom stereocenters. The minimum Gasteiger partial charge on any atom is -0.310 e. The van der Waals surface area contributed by atoms with E-state index < -0.39 is 0 Å². The van der Waals surface area contributed by atoms with Crippen molar-refractivity contribution in [1.29, 1.82) is 0 Å². The molecule has 0 aliphatic carbocycles. The largest absolute Gasteiger partial charge is 0.310 e. The Balaban J connectivity index is 2.73. The number of hydrogen-bond donors (Lipinski definition) is 1. The summed E-state index contributed by atoms with van der Waals surface area (Å²) in [5.41, 5.74) is 4.12. The minimum atomic E-state index is 0.442. The Morgan fingerprint density at radius 3 is 2.67 bits per heavy atom. The van der Waals surface area contributed by atoms with Crippen LogP contribution in [0.2, 0.25) is 0 Å². The number of terminal acetylenes is 1. The Bertz CT molecular complexity index is 401. The second-order valence-corrected chi connectivity index (χ2v) is 4.95. The van der Waals surface area contributed by atoms with Crippen molar-refractivity contribution in [3.05, 3.63) is 34.9 Å². The fourth-order valence-electron chi connectivity index (χ4n) is 2.09. The first-order valence-corrected chi connectivity index (χ1v) is 6.93. The first kappa shape index (κ1) is 14.8. The summed E-state index contributed by atoms with van der Waals surface area (Å²) >= 11 is 0. The highest BCUT2D eigenvalue weighted by molar-refractivity contribution is 5.31. The summed E-state index contributed by atoms with van der Waals surface area (Å²) < 4.78 is 0. The van der Waals surface area contributed by atoms with Gasteiger partial charge in [0.25, 0.3) is 0 Å². The first-order chi connectivity index (χ1) is 8.69. The van der Waals surface area contributed by atoms with Gasteiger partial charge in [-0.3, -0.25) is 0 Å². The Morgan fingerprint density at radius 1 is 1.28 bits per heavy atom. The van der Waals surface area contributed by atoms with Crippen molar-refractivity contribution in [1.82, 2.24) is 5.32 Å². The standard InChI is InChI=1S/C17H25N/c1-5-7-8-9-17(18-12-6-2)16-11-10-14(3)15(4)13-16/h1,10-11,13,17-18H,6-9,12H2,2-4H3. The van der Waals surface area contributed by atoms with E-state index in [1.54, 1.807) is 0 Å². The first-order valence-electron chi connectivity index (χ1n) is 6.93. The van der Waals surface area contributed by atoms with Gasteiger partial charge in [-0.05, 0) is 56.3 Å². The molecule has 0 aromatic heterocycles. The summed E-state index contributed by atoms with van der Waals surface area (Å²) in [5, 5.41) is 3.62. The van der Waals surface area contributed by atoms with Gasteiger partial charge in [-0.1, -0.05) is 25.1 Å². The van der Waals surface area contributed by atoms with Crippen LogP contribution in [0.4, 0.5) is 0 Å². The van der Waals surface area contributed by atoms with E-state index in [0.29, 0.717) is 6.04 Å². The molecule has 1 N–H and O–H groups in total. The normalized spacial score (nSPS) is 12.1. The Hall–Kier alpha value is -1.26. The molecule has 0 fully saturated rings. The number of aryl methyl sites for hydroxylation is 2. The predicted molar refractivity (Wildman–Crippen MR) is 79.6 cm³/mol. The summed E-state index contributed by atoms with van der Waals surface area (Å²) in [6.07, 6.45) is 9.57. The van der Waals surface area contributed by atoms with Crippen LogP contribution in [0.3, 0.4) is 0 Å². The third-order valence-corrected chi connectivity index (χ3v) is 3.39. The van der Waals surface area contributed by atoms with Crippen LogP contribution in [0.1, 0.15) is 55.3 Å². The lowest BCUT2D eigenvalue weighted by molar-refractivity contribution is 0.487. The predicted octanol–water partition coefficient (Wildman–Crippen LogP) is 4.15. The summed E-state index contributed by atoms with van der Waals surface area (Å²) in [6.45, 7) is 7.60. The SMILES string of the molecule is C#CCCCC(NCCC)c1ccc(C)c(C)c1. The average molecular weight is 243 g/mol. The number of nitrogens with one attached hydrogen (secondary N) is 1. The summed E-state index contributed by atoms with van der Waals surface area (Å²) in [7, 11) is 0. The minimum absolute atomic E-state index is 0.442. The molecule has 1 nitrogen and oxygen atoms in total. The molecule has 0 saturated heterocycles. The molecule has 0 heterocycles. The van der Waals surface area contributed by atoms with E-state index in [1.807, 2.05) is 0 Å². The zero-order valence-electron chi connectivity index (χ0n) is 11.9. The highest BCUT2D eigenvalue weighted by atomic mass is 14.9. The molecule has 0 amide bonds. The van der Waals surface area contributed by atoms with Crippen molar-refractivity contribution < 1.29 is 0 Å². The maximum Gasteiger partial charge on any atom is 0.0320 e. The highest BCUT2D eigenvalue weighted by Gasteiger charge is 2.10. The summed E-state index contributed by atoms with van der Waals surface area (Å²) in [6, 6.07) is 7.20. The van der Waals surface area contributed by atoms with E-state index in [-0.39, 0.29) is 0 Å². The van der Waals surface area contributed by atoms with E-state index in [9.17, 15) is 0 Å². The molecular formula is C17H25N. The second-order valence-electron chi connectivity index (χ2n) is 4.95. The molecule has 0 aliphatic heterocycles.